The smallest absolute Gasteiger partial charge is 0.234 e. The Morgan fingerprint density at radius 3 is 2.90 bits per heavy atom. The Balaban J connectivity index is 1.68. The number of nitrogens with zero attached hydrogens (tertiary/aromatic N) is 4. The van der Waals surface area contributed by atoms with E-state index in [2.05, 4.69) is 62.7 Å². The van der Waals surface area contributed by atoms with Gasteiger partial charge in [-0.3, -0.25) is 4.40 Å². The predicted molar refractivity (Wildman–Crippen MR) is 83.7 cm³/mol. The SMILES string of the molecule is Cc1cc(C)n2cc(CN3CCc4ccccc43)nc2n1. The van der Waals surface area contributed by atoms with E-state index in [0.717, 1.165) is 36.7 Å². The molecule has 1 aromatic carbocycles. The number of aryl methyl sites for hydroxylation is 2. The van der Waals surface area contributed by atoms with E-state index < -0.39 is 0 Å². The van der Waals surface area contributed by atoms with Crippen LogP contribution in [0.25, 0.3) is 5.78 Å². The van der Waals surface area contributed by atoms with Crippen LogP contribution < -0.4 is 4.90 Å². The summed E-state index contributed by atoms with van der Waals surface area (Å²) in [6, 6.07) is 10.7. The van der Waals surface area contributed by atoms with Gasteiger partial charge in [-0.15, -0.1) is 0 Å². The highest BCUT2D eigenvalue weighted by atomic mass is 15.2. The highest BCUT2D eigenvalue weighted by Crippen LogP contribution is 2.28. The number of imidazole rings is 1. The third-order valence-corrected chi connectivity index (χ3v) is 4.15. The van der Waals surface area contributed by atoms with E-state index in [0.29, 0.717) is 0 Å². The van der Waals surface area contributed by atoms with Gasteiger partial charge in [-0.2, -0.15) is 0 Å². The first kappa shape index (κ1) is 12.4. The standard InChI is InChI=1S/C17H18N4/c1-12-9-13(2)21-11-15(19-17(21)18-12)10-20-8-7-14-5-3-4-6-16(14)20/h3-6,9,11H,7-8,10H2,1-2H3. The maximum absolute atomic E-state index is 4.68. The molecule has 4 heteroatoms. The van der Waals surface area contributed by atoms with Gasteiger partial charge in [-0.05, 0) is 38.0 Å². The summed E-state index contributed by atoms with van der Waals surface area (Å²) in [5.41, 5.74) is 6.05. The van der Waals surface area contributed by atoms with Gasteiger partial charge in [0.25, 0.3) is 0 Å². The summed E-state index contributed by atoms with van der Waals surface area (Å²) in [7, 11) is 0. The fraction of sp³-hybridized carbons (Fsp3) is 0.294. The Morgan fingerprint density at radius 1 is 1.14 bits per heavy atom. The fourth-order valence-corrected chi connectivity index (χ4v) is 3.16. The van der Waals surface area contributed by atoms with E-state index in [-0.39, 0.29) is 0 Å². The summed E-state index contributed by atoms with van der Waals surface area (Å²) in [6.45, 7) is 6.02. The molecule has 0 aliphatic carbocycles. The number of rotatable bonds is 2. The lowest BCUT2D eigenvalue weighted by Crippen LogP contribution is -2.19. The van der Waals surface area contributed by atoms with E-state index in [1.54, 1.807) is 0 Å². The predicted octanol–water partition coefficient (Wildman–Crippen LogP) is 2.91. The molecule has 0 unspecified atom stereocenters. The number of hydrogen-bond acceptors (Lipinski definition) is 3. The summed E-state index contributed by atoms with van der Waals surface area (Å²) < 4.78 is 2.07. The van der Waals surface area contributed by atoms with Gasteiger partial charge < -0.3 is 4.90 Å². The minimum absolute atomic E-state index is 0.801. The Morgan fingerprint density at radius 2 is 2.00 bits per heavy atom. The number of hydrogen-bond donors (Lipinski definition) is 0. The lowest BCUT2D eigenvalue weighted by atomic mass is 10.2. The molecule has 0 fully saturated rings. The third-order valence-electron chi connectivity index (χ3n) is 4.15. The number of benzene rings is 1. The molecule has 0 saturated carbocycles. The molecule has 0 N–H and O–H groups in total. The highest BCUT2D eigenvalue weighted by Gasteiger charge is 2.19. The quantitative estimate of drug-likeness (QED) is 0.722. The molecule has 0 bridgehead atoms. The summed E-state index contributed by atoms with van der Waals surface area (Å²) in [5, 5.41) is 0. The van der Waals surface area contributed by atoms with Crippen LogP contribution in [0.15, 0.2) is 36.5 Å². The van der Waals surface area contributed by atoms with Crippen molar-refractivity contribution in [1.29, 1.82) is 0 Å². The van der Waals surface area contributed by atoms with Crippen molar-refractivity contribution in [3.8, 4) is 0 Å². The van der Waals surface area contributed by atoms with Gasteiger partial charge in [0.05, 0.1) is 12.2 Å². The first-order chi connectivity index (χ1) is 10.2. The number of anilines is 1. The van der Waals surface area contributed by atoms with Crippen LogP contribution in [0.4, 0.5) is 5.69 Å². The van der Waals surface area contributed by atoms with Crippen LogP contribution in [-0.2, 0) is 13.0 Å². The van der Waals surface area contributed by atoms with Gasteiger partial charge in [-0.1, -0.05) is 18.2 Å². The van der Waals surface area contributed by atoms with Gasteiger partial charge >= 0.3 is 0 Å². The fourth-order valence-electron chi connectivity index (χ4n) is 3.16. The topological polar surface area (TPSA) is 33.4 Å². The molecule has 106 valence electrons. The van der Waals surface area contributed by atoms with Crippen LogP contribution in [0.3, 0.4) is 0 Å². The van der Waals surface area contributed by atoms with Crippen LogP contribution in [0.1, 0.15) is 22.6 Å². The van der Waals surface area contributed by atoms with Crippen molar-refractivity contribution in [2.45, 2.75) is 26.8 Å². The summed E-state index contributed by atoms with van der Waals surface area (Å²) in [4.78, 5) is 11.6. The van der Waals surface area contributed by atoms with Crippen LogP contribution in [0.5, 0.6) is 0 Å². The molecular weight excluding hydrogens is 260 g/mol. The third kappa shape index (κ3) is 2.07. The maximum Gasteiger partial charge on any atom is 0.234 e. The molecule has 2 aromatic heterocycles. The van der Waals surface area contributed by atoms with E-state index in [9.17, 15) is 0 Å². The van der Waals surface area contributed by atoms with Gasteiger partial charge in [0.2, 0.25) is 5.78 Å². The van der Waals surface area contributed by atoms with Crippen molar-refractivity contribution in [2.75, 3.05) is 11.4 Å². The largest absolute Gasteiger partial charge is 0.365 e. The molecule has 0 saturated heterocycles. The van der Waals surface area contributed by atoms with Gasteiger partial charge in [-0.25, -0.2) is 9.97 Å². The molecule has 4 rings (SSSR count). The lowest BCUT2D eigenvalue weighted by Gasteiger charge is -2.17. The maximum atomic E-state index is 4.68. The second-order valence-corrected chi connectivity index (χ2v) is 5.74. The molecule has 3 aromatic rings. The summed E-state index contributed by atoms with van der Waals surface area (Å²) >= 11 is 0. The van der Waals surface area contributed by atoms with Crippen LogP contribution >= 0.6 is 0 Å². The molecule has 0 spiro atoms. The molecule has 3 heterocycles. The Kier molecular flexibility index (Phi) is 2.70. The van der Waals surface area contributed by atoms with E-state index >= 15 is 0 Å². The molecule has 1 aliphatic rings. The van der Waals surface area contributed by atoms with Crippen molar-refractivity contribution >= 4 is 11.5 Å². The monoisotopic (exact) mass is 278 g/mol. The molecule has 1 aliphatic heterocycles. The van der Waals surface area contributed by atoms with E-state index in [1.165, 1.54) is 16.9 Å². The summed E-state index contributed by atoms with van der Waals surface area (Å²) in [6.07, 6.45) is 3.23. The molecule has 4 nitrogen and oxygen atoms in total. The Labute approximate surface area is 124 Å². The van der Waals surface area contributed by atoms with Crippen molar-refractivity contribution in [2.24, 2.45) is 0 Å². The second-order valence-electron chi connectivity index (χ2n) is 5.74. The Hall–Kier alpha value is -2.36. The van der Waals surface area contributed by atoms with Crippen LogP contribution in [0, 0.1) is 13.8 Å². The van der Waals surface area contributed by atoms with Gasteiger partial charge in [0.1, 0.15) is 0 Å². The average molecular weight is 278 g/mol. The van der Waals surface area contributed by atoms with E-state index in [4.69, 9.17) is 0 Å². The minimum Gasteiger partial charge on any atom is -0.365 e. The first-order valence-electron chi connectivity index (χ1n) is 7.36. The van der Waals surface area contributed by atoms with Crippen molar-refractivity contribution in [1.82, 2.24) is 14.4 Å². The molecule has 0 radical (unpaired) electrons. The van der Waals surface area contributed by atoms with E-state index in [1.807, 2.05) is 6.92 Å². The number of para-hydroxylation sites is 1. The van der Waals surface area contributed by atoms with Gasteiger partial charge in [0, 0.05) is 29.8 Å². The normalized spacial score (nSPS) is 13.9. The first-order valence-corrected chi connectivity index (χ1v) is 7.36. The average Bonchev–Trinajstić information content (AvgIpc) is 3.04. The minimum atomic E-state index is 0.801. The van der Waals surface area contributed by atoms with Crippen LogP contribution in [0.2, 0.25) is 0 Å². The van der Waals surface area contributed by atoms with Crippen molar-refractivity contribution in [3.63, 3.8) is 0 Å². The zero-order chi connectivity index (χ0) is 14.4. The lowest BCUT2D eigenvalue weighted by molar-refractivity contribution is 0.820. The Bertz CT molecular complexity index is 819. The zero-order valence-corrected chi connectivity index (χ0v) is 12.4. The number of aromatic nitrogens is 3. The number of fused-ring (bicyclic) bond motifs is 2. The second kappa shape index (κ2) is 4.58. The van der Waals surface area contributed by atoms with Gasteiger partial charge in [0.15, 0.2) is 0 Å². The van der Waals surface area contributed by atoms with Crippen LogP contribution in [-0.4, -0.2) is 20.9 Å². The molecule has 0 amide bonds. The highest BCUT2D eigenvalue weighted by molar-refractivity contribution is 5.58. The summed E-state index contributed by atoms with van der Waals surface area (Å²) in [5.74, 6) is 0.801. The zero-order valence-electron chi connectivity index (χ0n) is 12.4. The molecular formula is C17H18N4. The molecule has 0 atom stereocenters. The van der Waals surface area contributed by atoms with Crippen molar-refractivity contribution in [3.05, 3.63) is 59.2 Å². The van der Waals surface area contributed by atoms with Crippen molar-refractivity contribution < 1.29 is 0 Å². The molecule has 21 heavy (non-hydrogen) atoms.